The molecule has 0 radical (unpaired) electrons. The summed E-state index contributed by atoms with van der Waals surface area (Å²) >= 11 is 2.10. The van der Waals surface area contributed by atoms with Crippen LogP contribution < -0.4 is 10.2 Å². The number of nitrogens with zero attached hydrogens (tertiary/aromatic N) is 2. The maximum Gasteiger partial charge on any atom is 0.493 e. The van der Waals surface area contributed by atoms with E-state index in [4.69, 9.17) is 4.74 Å². The number of alkyl halides is 3. The third-order valence-corrected chi connectivity index (χ3v) is 4.66. The van der Waals surface area contributed by atoms with E-state index >= 15 is 0 Å². The monoisotopic (exact) mass is 432 g/mol. The van der Waals surface area contributed by atoms with Gasteiger partial charge in [-0.15, -0.1) is 0 Å². The zero-order valence-corrected chi connectivity index (χ0v) is 13.8. The molecule has 1 atom stereocenters. The van der Waals surface area contributed by atoms with Gasteiger partial charge in [-0.25, -0.2) is 4.45 Å². The molecule has 114 valence electrons. The first-order valence-corrected chi connectivity index (χ1v) is 9.74. The Morgan fingerprint density at radius 1 is 1.48 bits per heavy atom. The molecule has 0 fully saturated rings. The molecule has 0 bridgehead atoms. The largest absolute Gasteiger partial charge is 0.493 e. The number of rotatable bonds is 4. The van der Waals surface area contributed by atoms with Gasteiger partial charge in [0.25, 0.3) is 0 Å². The second-order valence-electron chi connectivity index (χ2n) is 4.29. The molecule has 11 heteroatoms. The maximum atomic E-state index is 12.3. The zero-order chi connectivity index (χ0) is 15.8. The van der Waals surface area contributed by atoms with Crippen molar-refractivity contribution < 1.29 is 28.0 Å². The smallest absolute Gasteiger partial charge is 0.484 e. The second kappa shape index (κ2) is 6.27. The summed E-state index contributed by atoms with van der Waals surface area (Å²) in [7, 11) is -1.95. The van der Waals surface area contributed by atoms with E-state index in [1.165, 1.54) is 6.20 Å². The molecule has 0 spiro atoms. The van der Waals surface area contributed by atoms with Crippen LogP contribution in [0.1, 0.15) is 5.56 Å². The standard InChI is InChI=1S/C10H10BF3IN2O3P/c1-5-2-7-6(3-16-17(7)21-15)8(11(18)19)9(5)20-4-10(12,13)14/h2-3,18-19,21H,4H2,1H3. The fraction of sp³-hybridized carbons (Fsp3) is 0.300. The van der Waals surface area contributed by atoms with Crippen molar-refractivity contribution in [2.45, 2.75) is 13.1 Å². The molecule has 0 aliphatic heterocycles. The first-order chi connectivity index (χ1) is 9.74. The molecule has 0 saturated carbocycles. The Balaban J connectivity index is 2.58. The van der Waals surface area contributed by atoms with Gasteiger partial charge in [-0.3, -0.25) is 0 Å². The van der Waals surface area contributed by atoms with Crippen LogP contribution >= 0.6 is 28.4 Å². The van der Waals surface area contributed by atoms with Crippen molar-refractivity contribution in [3.05, 3.63) is 17.8 Å². The van der Waals surface area contributed by atoms with Crippen LogP contribution in [0, 0.1) is 6.92 Å². The summed E-state index contributed by atoms with van der Waals surface area (Å²) in [6.07, 6.45) is -2.85. The van der Waals surface area contributed by atoms with Crippen molar-refractivity contribution >= 4 is 51.9 Å². The van der Waals surface area contributed by atoms with Gasteiger partial charge in [0.2, 0.25) is 0 Å². The molecule has 0 saturated heterocycles. The molecule has 1 unspecified atom stereocenters. The Hall–Kier alpha value is -0.575. The van der Waals surface area contributed by atoms with Crippen molar-refractivity contribution in [1.29, 1.82) is 0 Å². The molecular formula is C10H10BF3IN2O3P. The number of fused-ring (bicyclic) bond motifs is 1. The van der Waals surface area contributed by atoms with Crippen LogP contribution in [0.2, 0.25) is 0 Å². The Kier molecular flexibility index (Phi) is 5.01. The van der Waals surface area contributed by atoms with E-state index < -0.39 is 19.9 Å². The summed E-state index contributed by atoms with van der Waals surface area (Å²) in [5.74, 6) is -0.175. The fourth-order valence-electron chi connectivity index (χ4n) is 1.98. The van der Waals surface area contributed by atoms with Crippen LogP contribution in [0.3, 0.4) is 0 Å². The first kappa shape index (κ1) is 16.8. The number of hydrogen-bond donors (Lipinski definition) is 2. The van der Waals surface area contributed by atoms with E-state index in [1.807, 2.05) is 0 Å². The molecule has 21 heavy (non-hydrogen) atoms. The van der Waals surface area contributed by atoms with E-state index in [2.05, 4.69) is 27.1 Å². The van der Waals surface area contributed by atoms with Gasteiger partial charge in [0.15, 0.2) is 6.61 Å². The lowest BCUT2D eigenvalue weighted by Gasteiger charge is -2.16. The second-order valence-corrected chi connectivity index (χ2v) is 6.33. The molecular weight excluding hydrogens is 422 g/mol. The van der Waals surface area contributed by atoms with Gasteiger partial charge in [0, 0.05) is 10.8 Å². The van der Waals surface area contributed by atoms with Crippen LogP contribution in [0.25, 0.3) is 10.9 Å². The van der Waals surface area contributed by atoms with Gasteiger partial charge in [-0.05, 0) is 40.6 Å². The van der Waals surface area contributed by atoms with Gasteiger partial charge < -0.3 is 14.8 Å². The average molecular weight is 432 g/mol. The summed E-state index contributed by atoms with van der Waals surface area (Å²) in [4.78, 5) is 0. The van der Waals surface area contributed by atoms with Crippen LogP contribution in [-0.2, 0) is 0 Å². The number of aryl methyl sites for hydroxylation is 1. The minimum Gasteiger partial charge on any atom is -0.484 e. The topological polar surface area (TPSA) is 67.5 Å². The number of hydrogen-bond acceptors (Lipinski definition) is 4. The van der Waals surface area contributed by atoms with Crippen LogP contribution in [0.15, 0.2) is 12.3 Å². The molecule has 0 aliphatic carbocycles. The summed E-state index contributed by atoms with van der Waals surface area (Å²) in [5.41, 5.74) is 0.893. The summed E-state index contributed by atoms with van der Waals surface area (Å²) in [6, 6.07) is 1.62. The number of halogens is 4. The SMILES string of the molecule is Cc1cc2c(cnn2PI)c(B(O)O)c1OCC(F)(F)F. The van der Waals surface area contributed by atoms with E-state index in [9.17, 15) is 23.2 Å². The van der Waals surface area contributed by atoms with Gasteiger partial charge in [0.1, 0.15) is 5.75 Å². The van der Waals surface area contributed by atoms with Gasteiger partial charge >= 0.3 is 13.3 Å². The maximum absolute atomic E-state index is 12.3. The quantitative estimate of drug-likeness (QED) is 0.440. The lowest BCUT2D eigenvalue weighted by molar-refractivity contribution is -0.153. The highest BCUT2D eigenvalue weighted by Gasteiger charge is 2.31. The predicted molar refractivity (Wildman–Crippen MR) is 83.6 cm³/mol. The minimum atomic E-state index is -4.51. The van der Waals surface area contributed by atoms with Crippen LogP contribution in [0.5, 0.6) is 5.75 Å². The molecule has 0 aliphatic rings. The Bertz CT molecular complexity index is 665. The molecule has 1 heterocycles. The lowest BCUT2D eigenvalue weighted by atomic mass is 9.76. The molecule has 2 N–H and O–H groups in total. The molecule has 2 aromatic rings. The highest BCUT2D eigenvalue weighted by atomic mass is 127. The average Bonchev–Trinajstić information content (AvgIpc) is 2.76. The summed E-state index contributed by atoms with van der Waals surface area (Å²) in [6.45, 7) is 0.0475. The molecule has 1 aromatic heterocycles. The molecule has 2 rings (SSSR count). The van der Waals surface area contributed by atoms with Crippen molar-refractivity contribution in [3.8, 4) is 5.75 Å². The third-order valence-electron chi connectivity index (χ3n) is 2.77. The van der Waals surface area contributed by atoms with Gasteiger partial charge in [-0.1, -0.05) is 0 Å². The Morgan fingerprint density at radius 2 is 2.14 bits per heavy atom. The van der Waals surface area contributed by atoms with Crippen LogP contribution in [0.4, 0.5) is 13.2 Å². The normalized spacial score (nSPS) is 12.5. The zero-order valence-electron chi connectivity index (χ0n) is 10.6. The summed E-state index contributed by atoms with van der Waals surface area (Å²) < 4.78 is 43.3. The van der Waals surface area contributed by atoms with Crippen molar-refractivity contribution in [1.82, 2.24) is 9.55 Å². The van der Waals surface area contributed by atoms with E-state index in [0.29, 0.717) is 16.5 Å². The van der Waals surface area contributed by atoms with Crippen molar-refractivity contribution in [2.75, 3.05) is 6.61 Å². The van der Waals surface area contributed by atoms with Crippen molar-refractivity contribution in [2.24, 2.45) is 0 Å². The molecule has 0 amide bonds. The Morgan fingerprint density at radius 3 is 2.67 bits per heavy atom. The predicted octanol–water partition coefficient (Wildman–Crippen LogP) is 1.76. The highest BCUT2D eigenvalue weighted by molar-refractivity contribution is 14.2. The fourth-order valence-corrected chi connectivity index (χ4v) is 3.51. The van der Waals surface area contributed by atoms with Crippen LogP contribution in [-0.4, -0.2) is 39.5 Å². The third kappa shape index (κ3) is 3.61. The summed E-state index contributed by atoms with van der Waals surface area (Å²) in [5, 5.41) is 23.4. The Labute approximate surface area is 132 Å². The van der Waals surface area contributed by atoms with Gasteiger partial charge in [-0.2, -0.15) is 18.3 Å². The van der Waals surface area contributed by atoms with E-state index in [1.54, 1.807) is 17.4 Å². The van der Waals surface area contributed by atoms with Crippen molar-refractivity contribution in [3.63, 3.8) is 0 Å². The lowest BCUT2D eigenvalue weighted by Crippen LogP contribution is -2.34. The van der Waals surface area contributed by atoms with Gasteiger partial charge in [0.05, 0.1) is 18.1 Å². The molecule has 5 nitrogen and oxygen atoms in total. The number of ether oxygens (including phenoxy) is 1. The van der Waals surface area contributed by atoms with E-state index in [0.717, 1.165) is 0 Å². The molecule has 1 aromatic carbocycles. The highest BCUT2D eigenvalue weighted by Crippen LogP contribution is 2.31. The number of benzene rings is 1. The minimum absolute atomic E-state index is 0.102. The number of aromatic nitrogens is 2. The van der Waals surface area contributed by atoms with E-state index in [-0.39, 0.29) is 17.6 Å². The first-order valence-electron chi connectivity index (χ1n) is 5.68.